The normalized spacial score (nSPS) is 14.8. The number of carbonyl (C=O) groups excluding carboxylic acids is 4. The maximum Gasteiger partial charge on any atom is 0.472 e. The van der Waals surface area contributed by atoms with Crippen LogP contribution in [0.2, 0.25) is 0 Å². The Balaban J connectivity index is 5.21. The van der Waals surface area contributed by atoms with Crippen molar-refractivity contribution < 1.29 is 80.2 Å². The topological polar surface area (TPSA) is 237 Å². The highest BCUT2D eigenvalue weighted by atomic mass is 31.2. The molecule has 9 atom stereocenters. The molecule has 0 saturated carbocycles. The molecule has 17 nitrogen and oxygen atoms in total. The quantitative estimate of drug-likeness (QED) is 0.0222. The summed E-state index contributed by atoms with van der Waals surface area (Å²) in [5.41, 5.74) is 0. The predicted molar refractivity (Wildman–Crippen MR) is 464 cm³/mol. The standard InChI is InChI=1S/C93H182O17P2/c1-9-83(5)69-61-53-45-39-33-27-21-17-13-15-19-23-31-37-43-49-59-67-75-92(97)109-88(79-103-90(95)73-65-57-48-42-36-30-26-25-29-35-41-47-55-63-71-85(7)11-3)81-107-111(99,100)105-77-87(94)78-106-112(101,102)108-82-89(80-104-91(96)74-66-58-52-51-56-64-72-86(8)12-4)110-93(98)76-68-60-50-44-38-32-24-20-16-14-18-22-28-34-40-46-54-62-70-84(6)10-2/h83-89,94H,9-82H2,1-8H3,(H,99,100)(H,101,102)/t83?,84?,85?,86?,87-,88-,89-/m1/s1. The molecule has 666 valence electrons. The van der Waals surface area contributed by atoms with Crippen molar-refractivity contribution in [3.63, 3.8) is 0 Å². The van der Waals surface area contributed by atoms with Crippen molar-refractivity contribution in [3.8, 4) is 0 Å². The third-order valence-electron chi connectivity index (χ3n) is 23.3. The van der Waals surface area contributed by atoms with E-state index < -0.39 is 97.5 Å². The molecule has 0 aliphatic heterocycles. The number of aliphatic hydroxyl groups is 1. The minimum atomic E-state index is -4.97. The average molecular weight is 1630 g/mol. The molecule has 0 fully saturated rings. The number of unbranched alkanes of at least 4 members (excludes halogenated alkanes) is 52. The molecule has 0 aromatic carbocycles. The van der Waals surface area contributed by atoms with Crippen LogP contribution in [-0.4, -0.2) is 96.7 Å². The number of hydrogen-bond acceptors (Lipinski definition) is 15. The molecule has 112 heavy (non-hydrogen) atoms. The number of aliphatic hydroxyl groups excluding tert-OH is 1. The molecule has 0 spiro atoms. The van der Waals surface area contributed by atoms with Crippen molar-refractivity contribution in [2.45, 2.75) is 510 Å². The largest absolute Gasteiger partial charge is 0.472 e. The van der Waals surface area contributed by atoms with Gasteiger partial charge < -0.3 is 33.8 Å². The molecule has 3 N–H and O–H groups in total. The van der Waals surface area contributed by atoms with Crippen LogP contribution in [0.3, 0.4) is 0 Å². The van der Waals surface area contributed by atoms with Gasteiger partial charge in [0.25, 0.3) is 0 Å². The Bertz CT molecular complexity index is 2170. The first-order chi connectivity index (χ1) is 54.2. The maximum absolute atomic E-state index is 13.2. The molecule has 0 amide bonds. The lowest BCUT2D eigenvalue weighted by Gasteiger charge is -2.21. The smallest absolute Gasteiger partial charge is 0.462 e. The number of carbonyl (C=O) groups is 4. The van der Waals surface area contributed by atoms with Crippen molar-refractivity contribution in [1.82, 2.24) is 0 Å². The monoisotopic (exact) mass is 1630 g/mol. The van der Waals surface area contributed by atoms with E-state index in [2.05, 4.69) is 55.4 Å². The summed E-state index contributed by atoms with van der Waals surface area (Å²) in [5.74, 6) is 1.22. The Hall–Kier alpha value is -1.94. The first-order valence-corrected chi connectivity index (χ1v) is 50.8. The van der Waals surface area contributed by atoms with Crippen LogP contribution in [0.15, 0.2) is 0 Å². The van der Waals surface area contributed by atoms with E-state index in [-0.39, 0.29) is 25.7 Å². The Morgan fingerprint density at radius 2 is 0.402 bits per heavy atom. The highest BCUT2D eigenvalue weighted by Crippen LogP contribution is 2.45. The van der Waals surface area contributed by atoms with Gasteiger partial charge >= 0.3 is 39.5 Å². The molecule has 19 heteroatoms. The van der Waals surface area contributed by atoms with Crippen LogP contribution in [0.25, 0.3) is 0 Å². The van der Waals surface area contributed by atoms with E-state index in [4.69, 9.17) is 37.0 Å². The Morgan fingerprint density at radius 1 is 0.241 bits per heavy atom. The first-order valence-electron chi connectivity index (χ1n) is 47.9. The van der Waals surface area contributed by atoms with Gasteiger partial charge in [-0.1, -0.05) is 441 Å². The van der Waals surface area contributed by atoms with E-state index in [9.17, 15) is 43.2 Å². The van der Waals surface area contributed by atoms with Crippen LogP contribution in [-0.2, 0) is 65.4 Å². The lowest BCUT2D eigenvalue weighted by atomic mass is 9.99. The summed E-state index contributed by atoms with van der Waals surface area (Å²) < 4.78 is 69.1. The van der Waals surface area contributed by atoms with Gasteiger partial charge in [0.1, 0.15) is 19.3 Å². The summed E-state index contributed by atoms with van der Waals surface area (Å²) in [6.45, 7) is 14.5. The molecule has 0 rings (SSSR count). The SMILES string of the molecule is CCC(C)CCCCCCCCCCCCCCCCCCCCC(=O)O[C@H](COC(=O)CCCCCCCCCCCCCCCCC(C)CC)COP(=O)(O)OC[C@@H](O)COP(=O)(O)OC[C@@H](COC(=O)CCCCCCCCC(C)CC)OC(=O)CCCCCCCCCCCCCCCCCCCCC(C)CC. The van der Waals surface area contributed by atoms with Gasteiger partial charge in [-0.05, 0) is 49.4 Å². The van der Waals surface area contributed by atoms with Crippen molar-refractivity contribution in [1.29, 1.82) is 0 Å². The molecule has 0 heterocycles. The second-order valence-corrected chi connectivity index (χ2v) is 37.3. The molecule has 0 aromatic rings. The van der Waals surface area contributed by atoms with Crippen LogP contribution in [0.1, 0.15) is 492 Å². The Labute approximate surface area is 689 Å². The van der Waals surface area contributed by atoms with E-state index in [1.54, 1.807) is 0 Å². The van der Waals surface area contributed by atoms with Gasteiger partial charge in [0, 0.05) is 25.7 Å². The molecule has 0 bridgehead atoms. The average Bonchev–Trinajstić information content (AvgIpc) is 0.899. The maximum atomic E-state index is 13.2. The van der Waals surface area contributed by atoms with Crippen molar-refractivity contribution >= 4 is 39.5 Å². The van der Waals surface area contributed by atoms with Crippen molar-refractivity contribution in [2.75, 3.05) is 39.6 Å². The van der Waals surface area contributed by atoms with Gasteiger partial charge in [0.15, 0.2) is 12.2 Å². The fraction of sp³-hybridized carbons (Fsp3) is 0.957. The Kier molecular flexibility index (Phi) is 80.0. The molecular formula is C93H182O17P2. The van der Waals surface area contributed by atoms with Gasteiger partial charge in [0.2, 0.25) is 0 Å². The van der Waals surface area contributed by atoms with Crippen LogP contribution < -0.4 is 0 Å². The molecule has 0 saturated heterocycles. The molecular weight excluding hydrogens is 1450 g/mol. The summed E-state index contributed by atoms with van der Waals surface area (Å²) >= 11 is 0. The van der Waals surface area contributed by atoms with E-state index in [0.29, 0.717) is 25.7 Å². The summed E-state index contributed by atoms with van der Waals surface area (Å²) in [6.07, 6.45) is 73.6. The van der Waals surface area contributed by atoms with Gasteiger partial charge in [-0.15, -0.1) is 0 Å². The van der Waals surface area contributed by atoms with E-state index in [1.807, 2.05) is 0 Å². The lowest BCUT2D eigenvalue weighted by molar-refractivity contribution is -0.161. The van der Waals surface area contributed by atoms with Gasteiger partial charge in [-0.2, -0.15) is 0 Å². The van der Waals surface area contributed by atoms with E-state index >= 15 is 0 Å². The van der Waals surface area contributed by atoms with Gasteiger partial charge in [-0.3, -0.25) is 37.3 Å². The van der Waals surface area contributed by atoms with E-state index in [1.165, 1.54) is 289 Å². The number of phosphoric acid groups is 2. The fourth-order valence-electron chi connectivity index (χ4n) is 14.4. The Morgan fingerprint density at radius 3 is 0.589 bits per heavy atom. The van der Waals surface area contributed by atoms with Crippen molar-refractivity contribution in [2.24, 2.45) is 23.7 Å². The molecule has 0 radical (unpaired) electrons. The van der Waals surface area contributed by atoms with Crippen LogP contribution in [0.4, 0.5) is 0 Å². The third kappa shape index (κ3) is 80.5. The minimum absolute atomic E-state index is 0.107. The second kappa shape index (κ2) is 81.4. The van der Waals surface area contributed by atoms with Gasteiger partial charge in [-0.25, -0.2) is 9.13 Å². The van der Waals surface area contributed by atoms with Crippen molar-refractivity contribution in [3.05, 3.63) is 0 Å². The number of hydrogen-bond donors (Lipinski definition) is 3. The number of ether oxygens (including phenoxy) is 4. The molecule has 0 aliphatic carbocycles. The predicted octanol–water partition coefficient (Wildman–Crippen LogP) is 28.7. The fourth-order valence-corrected chi connectivity index (χ4v) is 16.0. The zero-order chi connectivity index (χ0) is 82.3. The summed E-state index contributed by atoms with van der Waals surface area (Å²) in [5, 5.41) is 10.7. The molecule has 0 aromatic heterocycles. The second-order valence-electron chi connectivity index (χ2n) is 34.4. The zero-order valence-corrected chi connectivity index (χ0v) is 76.1. The van der Waals surface area contributed by atoms with Gasteiger partial charge in [0.05, 0.1) is 26.4 Å². The molecule has 6 unspecified atom stereocenters. The first kappa shape index (κ1) is 110. The van der Waals surface area contributed by atoms with E-state index in [0.717, 1.165) is 120 Å². The zero-order valence-electron chi connectivity index (χ0n) is 74.3. The molecule has 0 aliphatic rings. The number of phosphoric ester groups is 2. The highest BCUT2D eigenvalue weighted by molar-refractivity contribution is 7.47. The van der Waals surface area contributed by atoms with Crippen LogP contribution in [0.5, 0.6) is 0 Å². The highest BCUT2D eigenvalue weighted by Gasteiger charge is 2.31. The van der Waals surface area contributed by atoms with Crippen LogP contribution in [0, 0.1) is 23.7 Å². The summed E-state index contributed by atoms with van der Waals surface area (Å²) in [4.78, 5) is 73.4. The lowest BCUT2D eigenvalue weighted by Crippen LogP contribution is -2.30. The number of esters is 4. The van der Waals surface area contributed by atoms with Crippen LogP contribution >= 0.6 is 15.6 Å². The number of rotatable bonds is 90. The third-order valence-corrected chi connectivity index (χ3v) is 25.2. The minimum Gasteiger partial charge on any atom is -0.462 e. The summed E-state index contributed by atoms with van der Waals surface area (Å²) in [6, 6.07) is 0. The summed E-state index contributed by atoms with van der Waals surface area (Å²) in [7, 11) is -9.94.